The zero-order valence-electron chi connectivity index (χ0n) is 16.5. The van der Waals surface area contributed by atoms with Crippen LogP contribution in [0.3, 0.4) is 0 Å². The van der Waals surface area contributed by atoms with Crippen molar-refractivity contribution in [2.45, 2.75) is 5.92 Å². The summed E-state index contributed by atoms with van der Waals surface area (Å²) in [7, 11) is 1.59. The number of nitriles is 1. The number of hydrogen-bond acceptors (Lipinski definition) is 6. The van der Waals surface area contributed by atoms with Gasteiger partial charge in [0.25, 0.3) is 0 Å². The van der Waals surface area contributed by atoms with Gasteiger partial charge in [-0.3, -0.25) is 4.99 Å². The highest BCUT2D eigenvalue weighted by molar-refractivity contribution is 14.1. The number of nitrogens with two attached hydrogens (primary N) is 1. The Kier molecular flexibility index (Phi) is 5.82. The number of halogens is 1. The van der Waals surface area contributed by atoms with Gasteiger partial charge < -0.3 is 20.3 Å². The summed E-state index contributed by atoms with van der Waals surface area (Å²) in [6.07, 6.45) is 1.57. The zero-order valence-corrected chi connectivity index (χ0v) is 18.7. The summed E-state index contributed by atoms with van der Waals surface area (Å²) in [4.78, 5) is 4.45. The highest BCUT2D eigenvalue weighted by Crippen LogP contribution is 2.44. The van der Waals surface area contributed by atoms with Gasteiger partial charge in [-0.15, -0.1) is 0 Å². The van der Waals surface area contributed by atoms with E-state index in [4.69, 9.17) is 15.2 Å². The number of fused-ring (bicyclic) bond motifs is 1. The Morgan fingerprint density at radius 2 is 2.00 bits per heavy atom. The minimum absolute atomic E-state index is 0.00000370. The van der Waals surface area contributed by atoms with Gasteiger partial charge in [0.05, 0.1) is 18.7 Å². The number of benzene rings is 3. The molecule has 1 aliphatic rings. The fourth-order valence-electron chi connectivity index (χ4n) is 3.48. The number of nitrogens with zero attached hydrogens (tertiary/aromatic N) is 2. The Bertz CT molecular complexity index is 1260. The van der Waals surface area contributed by atoms with Crippen LogP contribution in [0.25, 0.3) is 0 Å². The summed E-state index contributed by atoms with van der Waals surface area (Å²) in [6, 6.07) is 20.6. The first kappa shape index (κ1) is 20.8. The van der Waals surface area contributed by atoms with Gasteiger partial charge in [0, 0.05) is 33.0 Å². The number of allylic oxidation sites excluding steroid dienone is 1. The van der Waals surface area contributed by atoms with Gasteiger partial charge in [-0.2, -0.15) is 5.26 Å². The number of aliphatic imine (C=N–C) groups is 1. The van der Waals surface area contributed by atoms with Gasteiger partial charge in [-0.05, 0) is 58.5 Å². The molecule has 0 radical (unpaired) electrons. The van der Waals surface area contributed by atoms with Gasteiger partial charge in [-0.25, -0.2) is 0 Å². The highest BCUT2D eigenvalue weighted by atomic mass is 127. The topological polar surface area (TPSA) is 101 Å². The number of methoxy groups -OCH3 is 1. The van der Waals surface area contributed by atoms with E-state index in [2.05, 4.69) is 33.7 Å². The molecule has 3 N–H and O–H groups in total. The first-order chi connectivity index (χ1) is 15.0. The minimum Gasteiger partial charge on any atom is -0.507 e. The quantitative estimate of drug-likeness (QED) is 0.372. The Morgan fingerprint density at radius 1 is 1.19 bits per heavy atom. The van der Waals surface area contributed by atoms with Gasteiger partial charge in [0.2, 0.25) is 5.88 Å². The smallest absolute Gasteiger partial charge is 0.205 e. The minimum atomic E-state index is -0.409. The highest BCUT2D eigenvalue weighted by Gasteiger charge is 2.31. The molecule has 4 rings (SSSR count). The van der Waals surface area contributed by atoms with Crippen LogP contribution in [0.1, 0.15) is 22.6 Å². The van der Waals surface area contributed by atoms with E-state index in [1.54, 1.807) is 25.5 Å². The van der Waals surface area contributed by atoms with E-state index in [0.29, 0.717) is 28.3 Å². The number of hydrogen-bond donors (Lipinski definition) is 2. The zero-order chi connectivity index (χ0) is 22.0. The van der Waals surface area contributed by atoms with Crippen molar-refractivity contribution in [2.75, 3.05) is 7.11 Å². The van der Waals surface area contributed by atoms with E-state index in [1.165, 1.54) is 6.07 Å². The number of phenolic OH excluding ortho intramolecular Hbond substituents is 1. The molecule has 3 aromatic rings. The molecular weight excluding hydrogens is 505 g/mol. The van der Waals surface area contributed by atoms with Crippen LogP contribution in [0.5, 0.6) is 17.2 Å². The fourth-order valence-corrected chi connectivity index (χ4v) is 4.05. The number of ether oxygens (including phenoxy) is 2. The summed E-state index contributed by atoms with van der Waals surface area (Å²) in [5.74, 6) is 0.733. The van der Waals surface area contributed by atoms with Crippen molar-refractivity contribution in [3.05, 3.63) is 92.4 Å². The van der Waals surface area contributed by atoms with Crippen molar-refractivity contribution in [1.82, 2.24) is 0 Å². The predicted molar refractivity (Wildman–Crippen MR) is 127 cm³/mol. The van der Waals surface area contributed by atoms with Crippen LogP contribution in [-0.2, 0) is 0 Å². The number of rotatable bonds is 4. The molecule has 0 saturated heterocycles. The third kappa shape index (κ3) is 4.20. The molecule has 154 valence electrons. The van der Waals surface area contributed by atoms with Gasteiger partial charge in [-0.1, -0.05) is 18.2 Å². The monoisotopic (exact) mass is 523 g/mol. The molecule has 0 saturated carbocycles. The van der Waals surface area contributed by atoms with Crippen molar-refractivity contribution in [3.8, 4) is 23.3 Å². The summed E-state index contributed by atoms with van der Waals surface area (Å²) >= 11 is 2.23. The van der Waals surface area contributed by atoms with Gasteiger partial charge in [0.15, 0.2) is 0 Å². The standard InChI is InChI=1S/C24H18IN3O3/c1-30-18-7-3-6-17(10-18)28-13-15-9-19-22(11-21(15)29)31-24(27)20(12-26)23(19)14-4-2-5-16(25)8-14/h2-11,13,23,29H,27H2,1H3/t23-/m0/s1. The van der Waals surface area contributed by atoms with Crippen LogP contribution in [-0.4, -0.2) is 18.4 Å². The molecule has 6 nitrogen and oxygen atoms in total. The van der Waals surface area contributed by atoms with Gasteiger partial charge >= 0.3 is 0 Å². The molecular formula is C24H18IN3O3. The van der Waals surface area contributed by atoms with Crippen molar-refractivity contribution in [3.63, 3.8) is 0 Å². The Morgan fingerprint density at radius 3 is 2.74 bits per heavy atom. The van der Waals surface area contributed by atoms with E-state index in [1.807, 2.05) is 42.5 Å². The van der Waals surface area contributed by atoms with E-state index in [9.17, 15) is 10.4 Å². The molecule has 0 bridgehead atoms. The molecule has 3 aromatic carbocycles. The lowest BCUT2D eigenvalue weighted by atomic mass is 9.83. The summed E-state index contributed by atoms with van der Waals surface area (Å²) in [5.41, 5.74) is 9.19. The molecule has 0 spiro atoms. The lowest BCUT2D eigenvalue weighted by molar-refractivity contribution is 0.388. The van der Waals surface area contributed by atoms with E-state index in [-0.39, 0.29) is 11.6 Å². The molecule has 31 heavy (non-hydrogen) atoms. The molecule has 1 heterocycles. The molecule has 0 amide bonds. The molecule has 0 aliphatic carbocycles. The maximum absolute atomic E-state index is 10.5. The number of phenols is 1. The normalized spacial score (nSPS) is 15.3. The van der Waals surface area contributed by atoms with Crippen LogP contribution < -0.4 is 15.2 Å². The molecule has 0 fully saturated rings. The Labute approximate surface area is 193 Å². The Hall–Kier alpha value is -3.51. The third-order valence-corrected chi connectivity index (χ3v) is 5.62. The van der Waals surface area contributed by atoms with Crippen LogP contribution in [0, 0.1) is 14.9 Å². The number of aromatic hydroxyl groups is 1. The average Bonchev–Trinajstić information content (AvgIpc) is 2.77. The van der Waals surface area contributed by atoms with Crippen LogP contribution >= 0.6 is 22.6 Å². The molecule has 7 heteroatoms. The SMILES string of the molecule is COc1cccc(N=Cc2cc3c(cc2O)OC(N)=C(C#N)[C@H]3c2cccc(I)c2)c1. The second-order valence-corrected chi connectivity index (χ2v) is 8.13. The second kappa shape index (κ2) is 8.70. The van der Waals surface area contributed by atoms with Crippen molar-refractivity contribution < 1.29 is 14.6 Å². The molecule has 1 atom stereocenters. The maximum atomic E-state index is 10.5. The van der Waals surface area contributed by atoms with Crippen LogP contribution in [0.2, 0.25) is 0 Å². The molecule has 0 unspecified atom stereocenters. The largest absolute Gasteiger partial charge is 0.507 e. The van der Waals surface area contributed by atoms with Crippen LogP contribution in [0.4, 0.5) is 5.69 Å². The van der Waals surface area contributed by atoms with E-state index in [0.717, 1.165) is 14.7 Å². The fraction of sp³-hybridized carbons (Fsp3) is 0.0833. The van der Waals surface area contributed by atoms with Crippen molar-refractivity contribution >= 4 is 34.5 Å². The summed E-state index contributed by atoms with van der Waals surface area (Å²) in [5, 5.41) is 20.3. The average molecular weight is 523 g/mol. The first-order valence-corrected chi connectivity index (χ1v) is 10.5. The second-order valence-electron chi connectivity index (χ2n) is 6.89. The predicted octanol–water partition coefficient (Wildman–Crippen LogP) is 4.97. The summed E-state index contributed by atoms with van der Waals surface area (Å²) in [6.45, 7) is 0. The Balaban J connectivity index is 1.81. The molecule has 1 aliphatic heterocycles. The van der Waals surface area contributed by atoms with Gasteiger partial charge in [0.1, 0.15) is 28.9 Å². The third-order valence-electron chi connectivity index (χ3n) is 4.95. The first-order valence-electron chi connectivity index (χ1n) is 9.38. The van der Waals surface area contributed by atoms with E-state index < -0.39 is 5.92 Å². The molecule has 0 aromatic heterocycles. The lowest BCUT2D eigenvalue weighted by Crippen LogP contribution is -2.21. The summed E-state index contributed by atoms with van der Waals surface area (Å²) < 4.78 is 11.9. The maximum Gasteiger partial charge on any atom is 0.205 e. The van der Waals surface area contributed by atoms with Crippen LogP contribution in [0.15, 0.2) is 77.1 Å². The lowest BCUT2D eigenvalue weighted by Gasteiger charge is -2.27. The van der Waals surface area contributed by atoms with Crippen molar-refractivity contribution in [2.24, 2.45) is 10.7 Å². The van der Waals surface area contributed by atoms with E-state index >= 15 is 0 Å². The van der Waals surface area contributed by atoms with Crippen molar-refractivity contribution in [1.29, 1.82) is 5.26 Å².